The molecule has 5 rings (SSSR count). The van der Waals surface area contributed by atoms with Crippen molar-refractivity contribution in [3.8, 4) is 33.9 Å². The summed E-state index contributed by atoms with van der Waals surface area (Å²) in [5.74, 6) is 0.257. The number of ether oxygens (including phenoxy) is 1. The third-order valence-electron chi connectivity index (χ3n) is 6.81. The number of halogens is 1. The fraction of sp³-hybridized carbons (Fsp3) is 0.333. The number of pyridine rings is 1. The second-order valence-electron chi connectivity index (χ2n) is 11.4. The predicted octanol–water partition coefficient (Wildman–Crippen LogP) is 9.82. The summed E-state index contributed by atoms with van der Waals surface area (Å²) >= 11 is 7.70. The van der Waals surface area contributed by atoms with E-state index >= 15 is 0 Å². The van der Waals surface area contributed by atoms with Gasteiger partial charge in [-0.2, -0.15) is 0 Å². The van der Waals surface area contributed by atoms with Crippen LogP contribution in [0.3, 0.4) is 0 Å². The zero-order valence-electron chi connectivity index (χ0n) is 27.1. The van der Waals surface area contributed by atoms with E-state index in [1.165, 1.54) is 5.56 Å². The second kappa shape index (κ2) is 15.0. The highest BCUT2D eigenvalue weighted by Crippen LogP contribution is 2.51. The monoisotopic (exact) mass is 634 g/mol. The summed E-state index contributed by atoms with van der Waals surface area (Å²) in [5.41, 5.74) is 9.97. The molecule has 8 heteroatoms. The Bertz CT molecular complexity index is 1610. The van der Waals surface area contributed by atoms with E-state index in [-0.39, 0.29) is 6.42 Å². The van der Waals surface area contributed by atoms with Gasteiger partial charge in [0.1, 0.15) is 10.9 Å². The first-order valence-electron chi connectivity index (χ1n) is 14.7. The lowest BCUT2D eigenvalue weighted by molar-refractivity contribution is -0.136. The molecule has 1 aromatic heterocycles. The van der Waals surface area contributed by atoms with Crippen LogP contribution in [0.2, 0.25) is 5.15 Å². The van der Waals surface area contributed by atoms with E-state index in [0.717, 1.165) is 50.2 Å². The van der Waals surface area contributed by atoms with Gasteiger partial charge in [-0.05, 0) is 98.7 Å². The average Bonchev–Trinajstić information content (AvgIpc) is 2.95. The lowest BCUT2D eigenvalue weighted by Crippen LogP contribution is -2.22. The fourth-order valence-electron chi connectivity index (χ4n) is 5.12. The Morgan fingerprint density at radius 3 is 2.20 bits per heavy atom. The number of aliphatic carboxylic acids is 1. The number of hydrogen-bond donors (Lipinski definition) is 2. The van der Waals surface area contributed by atoms with Gasteiger partial charge in [0.2, 0.25) is 5.88 Å². The zero-order chi connectivity index (χ0) is 32.8. The minimum Gasteiger partial charge on any atom is -0.481 e. The Morgan fingerprint density at radius 2 is 1.64 bits per heavy atom. The van der Waals surface area contributed by atoms with Gasteiger partial charge in [0.05, 0.1) is 24.3 Å². The predicted molar refractivity (Wildman–Crippen MR) is 185 cm³/mol. The number of aromatic nitrogens is 1. The normalized spacial score (nSPS) is 11.8. The van der Waals surface area contributed by atoms with Gasteiger partial charge in [0.25, 0.3) is 0 Å². The SMILES string of the molecule is CC.CC(C)(C)O.CSN1Cc2ccc(Oc3cccc(Cl)n3)cc2-c2c(C)c(-c3ccc(C)cc3)c(CC(=O)O)c(C)c21. The van der Waals surface area contributed by atoms with Gasteiger partial charge in [-0.1, -0.05) is 79.4 Å². The van der Waals surface area contributed by atoms with E-state index in [4.69, 9.17) is 21.4 Å². The molecular formula is C36H43ClN2O4S. The van der Waals surface area contributed by atoms with Crippen LogP contribution in [0.4, 0.5) is 5.69 Å². The molecule has 6 nitrogen and oxygen atoms in total. The molecule has 44 heavy (non-hydrogen) atoms. The molecule has 4 aromatic rings. The van der Waals surface area contributed by atoms with Crippen molar-refractivity contribution in [3.63, 3.8) is 0 Å². The summed E-state index contributed by atoms with van der Waals surface area (Å²) in [5, 5.41) is 18.7. The van der Waals surface area contributed by atoms with E-state index in [1.807, 2.05) is 26.8 Å². The van der Waals surface area contributed by atoms with E-state index < -0.39 is 11.6 Å². The number of anilines is 1. The maximum absolute atomic E-state index is 12.0. The van der Waals surface area contributed by atoms with Crippen LogP contribution in [-0.4, -0.2) is 33.0 Å². The Balaban J connectivity index is 0.000000688. The third kappa shape index (κ3) is 8.56. The lowest BCUT2D eigenvalue weighted by atomic mass is 9.81. The molecule has 234 valence electrons. The van der Waals surface area contributed by atoms with Crippen molar-refractivity contribution in [3.05, 3.63) is 93.6 Å². The number of nitrogens with zero attached hydrogens (tertiary/aromatic N) is 2. The average molecular weight is 635 g/mol. The van der Waals surface area contributed by atoms with Gasteiger partial charge in [-0.3, -0.25) is 4.79 Å². The molecule has 0 radical (unpaired) electrons. The number of benzene rings is 3. The summed E-state index contributed by atoms with van der Waals surface area (Å²) < 4.78 is 8.33. The molecule has 0 saturated heterocycles. The number of carbonyl (C=O) groups is 1. The molecule has 0 bridgehead atoms. The molecule has 0 atom stereocenters. The summed E-state index contributed by atoms with van der Waals surface area (Å²) in [7, 11) is 0. The highest BCUT2D eigenvalue weighted by molar-refractivity contribution is 7.99. The van der Waals surface area contributed by atoms with Gasteiger partial charge in [-0.25, -0.2) is 4.98 Å². The lowest BCUT2D eigenvalue weighted by Gasteiger charge is -2.36. The molecule has 2 N–H and O–H groups in total. The van der Waals surface area contributed by atoms with Gasteiger partial charge in [0.15, 0.2) is 0 Å². The number of rotatable bonds is 6. The van der Waals surface area contributed by atoms with Crippen molar-refractivity contribution in [1.29, 1.82) is 0 Å². The van der Waals surface area contributed by atoms with Gasteiger partial charge in [0, 0.05) is 17.9 Å². The number of hydrogen-bond acceptors (Lipinski definition) is 6. The largest absolute Gasteiger partial charge is 0.481 e. The Hall–Kier alpha value is -3.52. The molecule has 0 aliphatic carbocycles. The quantitative estimate of drug-likeness (QED) is 0.161. The molecule has 0 saturated carbocycles. The van der Waals surface area contributed by atoms with Gasteiger partial charge >= 0.3 is 5.97 Å². The van der Waals surface area contributed by atoms with Crippen LogP contribution < -0.4 is 9.04 Å². The second-order valence-corrected chi connectivity index (χ2v) is 12.6. The van der Waals surface area contributed by atoms with Crippen LogP contribution in [0, 0.1) is 20.8 Å². The number of carboxylic acids is 1. The molecule has 0 unspecified atom stereocenters. The maximum Gasteiger partial charge on any atom is 0.307 e. The van der Waals surface area contributed by atoms with E-state index in [0.29, 0.717) is 23.3 Å². The number of aliphatic hydroxyl groups is 1. The minimum atomic E-state index is -0.840. The smallest absolute Gasteiger partial charge is 0.307 e. The number of carboxylic acid groups (broad SMARTS) is 1. The first kappa shape index (κ1) is 35.0. The van der Waals surface area contributed by atoms with Crippen LogP contribution in [0.15, 0.2) is 60.7 Å². The molecule has 0 spiro atoms. The minimum absolute atomic E-state index is 0.0399. The first-order chi connectivity index (χ1) is 20.8. The van der Waals surface area contributed by atoms with Crippen molar-refractivity contribution in [2.45, 2.75) is 74.0 Å². The molecule has 0 amide bonds. The Kier molecular flexibility index (Phi) is 11.9. The van der Waals surface area contributed by atoms with E-state index in [9.17, 15) is 9.90 Å². The zero-order valence-corrected chi connectivity index (χ0v) is 28.7. The number of fused-ring (bicyclic) bond motifs is 3. The molecule has 0 fully saturated rings. The standard InChI is InChI=1S/C30H27ClN2O3S.C4H10O.C2H6/c1-17-8-10-20(11-9-17)28-19(3)29-24-14-22(36-26-7-5-6-25(31)32-26)13-12-21(24)16-33(37-4)30(29)18(2)23(28)15-27(34)35;1-4(2,3)5;1-2/h5-14H,15-16H2,1-4H3,(H,34,35);5H,1-3H3;1-2H3. The van der Waals surface area contributed by atoms with Crippen LogP contribution in [0.5, 0.6) is 11.6 Å². The molecule has 1 aliphatic rings. The van der Waals surface area contributed by atoms with Gasteiger partial charge < -0.3 is 19.3 Å². The molecule has 2 heterocycles. The highest BCUT2D eigenvalue weighted by atomic mass is 35.5. The Labute approximate surface area is 271 Å². The van der Waals surface area contributed by atoms with Gasteiger partial charge in [-0.15, -0.1) is 0 Å². The van der Waals surface area contributed by atoms with Crippen LogP contribution in [0.1, 0.15) is 62.4 Å². The van der Waals surface area contributed by atoms with Crippen molar-refractivity contribution < 1.29 is 19.7 Å². The van der Waals surface area contributed by atoms with Crippen molar-refractivity contribution in [2.75, 3.05) is 10.6 Å². The van der Waals surface area contributed by atoms with Crippen LogP contribution in [0.25, 0.3) is 22.3 Å². The van der Waals surface area contributed by atoms with Crippen molar-refractivity contribution in [2.24, 2.45) is 0 Å². The maximum atomic E-state index is 12.0. The highest BCUT2D eigenvalue weighted by Gasteiger charge is 2.30. The summed E-state index contributed by atoms with van der Waals surface area (Å²) in [4.78, 5) is 16.2. The molecule has 3 aromatic carbocycles. The Morgan fingerprint density at radius 1 is 1.00 bits per heavy atom. The fourth-order valence-corrected chi connectivity index (χ4v) is 5.95. The molecular weight excluding hydrogens is 592 g/mol. The topological polar surface area (TPSA) is 82.9 Å². The first-order valence-corrected chi connectivity index (χ1v) is 16.3. The van der Waals surface area contributed by atoms with Crippen LogP contribution in [-0.2, 0) is 17.8 Å². The summed E-state index contributed by atoms with van der Waals surface area (Å²) in [6.07, 6.45) is 2.01. The van der Waals surface area contributed by atoms with Crippen LogP contribution >= 0.6 is 23.5 Å². The summed E-state index contributed by atoms with van der Waals surface area (Å²) in [6.45, 7) is 16.1. The summed E-state index contributed by atoms with van der Waals surface area (Å²) in [6, 6.07) is 19.7. The number of aryl methyl sites for hydroxylation is 1. The van der Waals surface area contributed by atoms with Crippen molar-refractivity contribution in [1.82, 2.24) is 4.98 Å². The third-order valence-corrected chi connectivity index (χ3v) is 7.77. The van der Waals surface area contributed by atoms with E-state index in [1.54, 1.807) is 50.9 Å². The van der Waals surface area contributed by atoms with Crippen molar-refractivity contribution >= 4 is 35.2 Å². The van der Waals surface area contributed by atoms with E-state index in [2.05, 4.69) is 65.8 Å². The molecule has 1 aliphatic heterocycles.